The number of likely N-dealkylation sites (N-methyl/N-ethyl adjacent to an activating group) is 2. The van der Waals surface area contributed by atoms with Gasteiger partial charge in [-0.25, -0.2) is 0 Å². The fourth-order valence-corrected chi connectivity index (χ4v) is 11.2. The number of hydrogen-bond acceptors (Lipinski definition) is 12. The van der Waals surface area contributed by atoms with Crippen LogP contribution in [0, 0.1) is 23.2 Å². The van der Waals surface area contributed by atoms with Crippen LogP contribution in [0.3, 0.4) is 0 Å². The fourth-order valence-electron chi connectivity index (χ4n) is 10.5. The number of halogens is 2. The standard InChI is InChI=1S/C51H71ClIN3O10/c1-28-24-50(8,61)45(30(3)42(58)31(4)46(60)66-48(53)51(9,62)44(59)32(5)55(12)26-28)65-47-43(37(54(10)11)22-29(2)63-47)64-39(57)23-36-40(34-18-20-35(52)21-19-34)41(33-16-14-13-15-17-33)38-25-49(6,7)27-56(36)38/h13-21,28-32,37,43-45,47-48,59,61-62H,22-27H2,1-12H3/t28-,29-,30+,31-,32-,37+,43-,44-,45-,47+,48+,50-,51+/m1/s1. The lowest BCUT2D eigenvalue weighted by Gasteiger charge is -2.46. The van der Waals surface area contributed by atoms with Gasteiger partial charge >= 0.3 is 11.9 Å². The predicted octanol–water partition coefficient (Wildman–Crippen LogP) is 7.33. The number of benzene rings is 2. The van der Waals surface area contributed by atoms with Crippen molar-refractivity contribution in [2.75, 3.05) is 27.7 Å². The van der Waals surface area contributed by atoms with Crippen molar-refractivity contribution in [3.8, 4) is 22.3 Å². The lowest BCUT2D eigenvalue weighted by Crippen LogP contribution is -2.60. The van der Waals surface area contributed by atoms with Gasteiger partial charge in [0.1, 0.15) is 17.6 Å². The monoisotopic (exact) mass is 1050 g/mol. The summed E-state index contributed by atoms with van der Waals surface area (Å²) in [6.07, 6.45) is -3.77. The second-order valence-electron chi connectivity index (χ2n) is 20.9. The largest absolute Gasteiger partial charge is 0.455 e. The van der Waals surface area contributed by atoms with E-state index in [1.54, 1.807) is 43.4 Å². The first-order valence-electron chi connectivity index (χ1n) is 23.2. The first-order valence-corrected chi connectivity index (χ1v) is 24.8. The molecule has 0 aliphatic carbocycles. The van der Waals surface area contributed by atoms with E-state index in [1.807, 2.05) is 87.3 Å². The highest BCUT2D eigenvalue weighted by molar-refractivity contribution is 14.1. The van der Waals surface area contributed by atoms with Crippen molar-refractivity contribution in [3.05, 3.63) is 71.0 Å². The van der Waals surface area contributed by atoms with E-state index >= 15 is 0 Å². The maximum absolute atomic E-state index is 14.8. The number of esters is 2. The van der Waals surface area contributed by atoms with E-state index in [0.717, 1.165) is 40.1 Å². The van der Waals surface area contributed by atoms with Crippen molar-refractivity contribution in [1.82, 2.24) is 14.4 Å². The van der Waals surface area contributed by atoms with Crippen molar-refractivity contribution in [2.45, 2.75) is 153 Å². The molecule has 0 amide bonds. The highest BCUT2D eigenvalue weighted by atomic mass is 127. The second kappa shape index (κ2) is 20.6. The molecule has 0 radical (unpaired) electrons. The summed E-state index contributed by atoms with van der Waals surface area (Å²) in [5, 5.41) is 35.9. The third kappa shape index (κ3) is 11.2. The van der Waals surface area contributed by atoms with Gasteiger partial charge in [0.2, 0.25) is 0 Å². The summed E-state index contributed by atoms with van der Waals surface area (Å²) in [7, 11) is 5.62. The molecule has 3 N–H and O–H groups in total. The van der Waals surface area contributed by atoms with Crippen LogP contribution >= 0.6 is 34.2 Å². The average molecular weight is 1050 g/mol. The van der Waals surface area contributed by atoms with Gasteiger partial charge in [0.15, 0.2) is 22.3 Å². The van der Waals surface area contributed by atoms with Gasteiger partial charge in [0.25, 0.3) is 0 Å². The number of cyclic esters (lactones) is 1. The van der Waals surface area contributed by atoms with Crippen LogP contribution in [-0.4, -0.2) is 133 Å². The number of Topliss-reactive ketones (excluding diaryl/α,β-unsaturated/α-hetero) is 1. The summed E-state index contributed by atoms with van der Waals surface area (Å²) in [5.41, 5.74) is 2.35. The number of carbonyl (C=O) groups excluding carboxylic acids is 3. The Morgan fingerprint density at radius 2 is 1.58 bits per heavy atom. The van der Waals surface area contributed by atoms with Crippen molar-refractivity contribution in [3.63, 3.8) is 0 Å². The topological polar surface area (TPSA) is 160 Å². The van der Waals surface area contributed by atoms with E-state index < -0.39 is 75.5 Å². The van der Waals surface area contributed by atoms with Gasteiger partial charge in [-0.15, -0.1) is 0 Å². The van der Waals surface area contributed by atoms with E-state index in [9.17, 15) is 29.7 Å². The lowest BCUT2D eigenvalue weighted by molar-refractivity contribution is -0.296. The number of ketones is 1. The Hall–Kier alpha value is -2.93. The van der Waals surface area contributed by atoms with Gasteiger partial charge in [-0.3, -0.25) is 14.4 Å². The number of alkyl halides is 1. The quantitative estimate of drug-likeness (QED) is 0.0894. The van der Waals surface area contributed by atoms with Crippen LogP contribution in [0.15, 0.2) is 54.6 Å². The molecule has 13 nitrogen and oxygen atoms in total. The molecule has 0 bridgehead atoms. The number of carbonyl (C=O) groups is 3. The second-order valence-corrected chi connectivity index (χ2v) is 22.5. The Balaban J connectivity index is 1.38. The summed E-state index contributed by atoms with van der Waals surface area (Å²) >= 11 is 8.17. The summed E-state index contributed by atoms with van der Waals surface area (Å²) < 4.78 is 26.7. The van der Waals surface area contributed by atoms with Crippen LogP contribution in [0.25, 0.3) is 22.3 Å². The minimum Gasteiger partial charge on any atom is -0.455 e. The molecule has 0 unspecified atom stereocenters. The zero-order chi connectivity index (χ0) is 48.8. The molecule has 0 saturated carbocycles. The number of fused-ring (bicyclic) bond motifs is 1. The van der Waals surface area contributed by atoms with Gasteiger partial charge in [0, 0.05) is 52.6 Å². The predicted molar refractivity (Wildman–Crippen MR) is 263 cm³/mol. The Morgan fingerprint density at radius 3 is 2.20 bits per heavy atom. The van der Waals surface area contributed by atoms with Gasteiger partial charge in [-0.05, 0) is 132 Å². The molecular weight excluding hydrogens is 977 g/mol. The minimum absolute atomic E-state index is 0.0629. The van der Waals surface area contributed by atoms with Crippen LogP contribution in [0.5, 0.6) is 0 Å². The SMILES string of the molecule is C[C@H]1CN(C)[C@H](C)[C@@H](O)[C@](C)(O)[C@@H](I)OC(=O)[C@H](C)C(=O)[C@H](C)[C@@H](O[C@@H]2O[C@H](C)C[C@H](N(C)C)[C@H]2OC(=O)Cc2c(-c3ccc(Cl)cc3)c(-c3ccccc3)c3n2CC(C)(C)C3)[C@](C)(O)C1. The molecule has 3 aliphatic rings. The van der Waals surface area contributed by atoms with E-state index in [4.69, 9.17) is 30.5 Å². The Morgan fingerprint density at radius 1 is 0.955 bits per heavy atom. The van der Waals surface area contributed by atoms with E-state index in [2.05, 4.69) is 30.5 Å². The molecule has 66 heavy (non-hydrogen) atoms. The number of aliphatic hydroxyl groups excluding tert-OH is 1. The summed E-state index contributed by atoms with van der Waals surface area (Å²) in [4.78, 5) is 46.7. The fraction of sp³-hybridized carbons (Fsp3) is 0.627. The van der Waals surface area contributed by atoms with Gasteiger partial charge in [-0.2, -0.15) is 0 Å². The van der Waals surface area contributed by atoms with Crippen molar-refractivity contribution in [1.29, 1.82) is 0 Å². The number of nitrogens with zero attached hydrogens (tertiary/aromatic N) is 3. The number of aromatic nitrogens is 1. The zero-order valence-corrected chi connectivity index (χ0v) is 43.5. The Bertz CT molecular complexity index is 2200. The number of ether oxygens (including phenoxy) is 4. The molecular formula is C51H71ClIN3O10. The minimum atomic E-state index is -1.86. The molecule has 6 rings (SSSR count). The highest BCUT2D eigenvalue weighted by Gasteiger charge is 2.51. The normalized spacial score (nSPS) is 34.9. The van der Waals surface area contributed by atoms with E-state index in [-0.39, 0.29) is 36.3 Å². The van der Waals surface area contributed by atoms with Crippen LogP contribution < -0.4 is 0 Å². The molecule has 2 saturated heterocycles. The van der Waals surface area contributed by atoms with Gasteiger partial charge in [0.05, 0.1) is 30.3 Å². The van der Waals surface area contributed by atoms with Crippen LogP contribution in [0.1, 0.15) is 86.5 Å². The third-order valence-corrected chi connectivity index (χ3v) is 15.9. The number of aliphatic hydroxyl groups is 3. The van der Waals surface area contributed by atoms with Crippen molar-refractivity contribution in [2.24, 2.45) is 23.2 Å². The van der Waals surface area contributed by atoms with Crippen molar-refractivity contribution >= 4 is 51.9 Å². The Kier molecular flexibility index (Phi) is 16.3. The molecule has 2 aromatic carbocycles. The lowest BCUT2D eigenvalue weighted by atomic mass is 9.78. The van der Waals surface area contributed by atoms with Crippen LogP contribution in [0.4, 0.5) is 0 Å². The first kappa shape index (κ1) is 52.4. The van der Waals surface area contributed by atoms with Crippen LogP contribution in [-0.2, 0) is 52.7 Å². The molecule has 1 aromatic heterocycles. The third-order valence-electron chi connectivity index (χ3n) is 14.1. The van der Waals surface area contributed by atoms with Crippen LogP contribution in [0.2, 0.25) is 5.02 Å². The number of rotatable bonds is 8. The molecule has 0 spiro atoms. The smallest absolute Gasteiger partial charge is 0.317 e. The maximum Gasteiger partial charge on any atom is 0.317 e. The highest BCUT2D eigenvalue weighted by Crippen LogP contribution is 2.47. The molecule has 2 fully saturated rings. The molecule has 15 heteroatoms. The van der Waals surface area contributed by atoms with E-state index in [0.29, 0.717) is 24.5 Å². The zero-order valence-electron chi connectivity index (χ0n) is 40.6. The maximum atomic E-state index is 14.8. The Labute approximate surface area is 409 Å². The molecule has 364 valence electrons. The summed E-state index contributed by atoms with van der Waals surface area (Å²) in [6, 6.07) is 16.9. The van der Waals surface area contributed by atoms with E-state index in [1.165, 1.54) is 13.8 Å². The van der Waals surface area contributed by atoms with Gasteiger partial charge in [-0.1, -0.05) is 81.8 Å². The summed E-state index contributed by atoms with van der Waals surface area (Å²) in [6.45, 7) is 17.2. The van der Waals surface area contributed by atoms with Gasteiger partial charge < -0.3 is 48.6 Å². The molecule has 13 atom stereocenters. The number of hydrogen-bond donors (Lipinski definition) is 3. The average Bonchev–Trinajstić information content (AvgIpc) is 3.71. The molecule has 4 heterocycles. The van der Waals surface area contributed by atoms with Crippen molar-refractivity contribution < 1.29 is 48.7 Å². The molecule has 3 aliphatic heterocycles. The molecule has 3 aromatic rings. The summed E-state index contributed by atoms with van der Waals surface area (Å²) in [5.74, 6) is -4.57. The first-order chi connectivity index (χ1) is 30.7.